The summed E-state index contributed by atoms with van der Waals surface area (Å²) >= 11 is 0. The Morgan fingerprint density at radius 2 is 2.27 bits per heavy atom. The molecule has 0 amide bonds. The molecule has 0 aromatic carbocycles. The van der Waals surface area contributed by atoms with E-state index in [4.69, 9.17) is 0 Å². The fourth-order valence-corrected chi connectivity index (χ4v) is 0.534. The van der Waals surface area contributed by atoms with Crippen molar-refractivity contribution < 1.29 is 9.18 Å². The van der Waals surface area contributed by atoms with Crippen LogP contribution < -0.4 is 0 Å². The fourth-order valence-electron chi connectivity index (χ4n) is 0.534. The second-order valence-corrected chi connectivity index (χ2v) is 1.85. The number of allylic oxidation sites excluding steroid dienone is 1. The minimum atomic E-state index is -0.873. The number of nitrogens with zero attached hydrogens (tertiary/aromatic N) is 1. The predicted octanol–water partition coefficient (Wildman–Crippen LogP) is 2.03. The first-order valence-corrected chi connectivity index (χ1v) is 3.20. The quantitative estimate of drug-likeness (QED) is 0.451. The highest BCUT2D eigenvalue weighted by atomic mass is 19.1. The number of rotatable bonds is 4. The van der Waals surface area contributed by atoms with Crippen LogP contribution in [-0.2, 0) is 4.79 Å². The number of Topliss-reactive ketones (excluding diaryl/α,β-unsaturated/α-hetero) is 1. The van der Waals surface area contributed by atoms with Crippen molar-refractivity contribution in [3.05, 3.63) is 25.2 Å². The Morgan fingerprint density at radius 3 is 2.55 bits per heavy atom. The molecule has 0 bridgehead atoms. The average Bonchev–Trinajstić information content (AvgIpc) is 1.98. The van der Waals surface area contributed by atoms with Crippen molar-refractivity contribution in [3.63, 3.8) is 0 Å². The van der Waals surface area contributed by atoms with Gasteiger partial charge in [-0.25, -0.2) is 4.99 Å². The van der Waals surface area contributed by atoms with Crippen molar-refractivity contribution >= 4 is 11.5 Å². The van der Waals surface area contributed by atoms with Crippen LogP contribution >= 0.6 is 0 Å². The zero-order valence-corrected chi connectivity index (χ0v) is 6.43. The SMILES string of the molecule is C=C/C(=N\C(=C)F)C(=O)CC. The van der Waals surface area contributed by atoms with Gasteiger partial charge in [0.1, 0.15) is 5.71 Å². The second kappa shape index (κ2) is 4.55. The first-order valence-electron chi connectivity index (χ1n) is 3.20. The molecule has 3 heteroatoms. The van der Waals surface area contributed by atoms with Crippen LogP contribution in [0.5, 0.6) is 0 Å². The Hall–Kier alpha value is -1.25. The van der Waals surface area contributed by atoms with Crippen LogP contribution in [0.1, 0.15) is 13.3 Å². The van der Waals surface area contributed by atoms with Crippen molar-refractivity contribution in [3.8, 4) is 0 Å². The Morgan fingerprint density at radius 1 is 1.73 bits per heavy atom. The molecule has 0 heterocycles. The number of carbonyl (C=O) groups excluding carboxylic acids is 1. The summed E-state index contributed by atoms with van der Waals surface area (Å²) < 4.78 is 12.1. The summed E-state index contributed by atoms with van der Waals surface area (Å²) in [6.07, 6.45) is 1.51. The van der Waals surface area contributed by atoms with Gasteiger partial charge in [-0.1, -0.05) is 13.5 Å². The van der Waals surface area contributed by atoms with Crippen LogP contribution in [-0.4, -0.2) is 11.5 Å². The van der Waals surface area contributed by atoms with E-state index in [9.17, 15) is 9.18 Å². The zero-order valence-electron chi connectivity index (χ0n) is 6.43. The third kappa shape index (κ3) is 3.45. The van der Waals surface area contributed by atoms with E-state index in [1.54, 1.807) is 6.92 Å². The Balaban J connectivity index is 4.52. The molecule has 2 nitrogen and oxygen atoms in total. The Kier molecular flexibility index (Phi) is 4.03. The molecule has 0 saturated heterocycles. The lowest BCUT2D eigenvalue weighted by Crippen LogP contribution is -2.09. The van der Waals surface area contributed by atoms with Crippen LogP contribution in [0.4, 0.5) is 4.39 Å². The van der Waals surface area contributed by atoms with Gasteiger partial charge in [-0.15, -0.1) is 0 Å². The largest absolute Gasteiger partial charge is 0.292 e. The molecule has 0 fully saturated rings. The monoisotopic (exact) mass is 155 g/mol. The molecular formula is C8H10FNO. The number of carbonyl (C=O) groups is 1. The highest BCUT2D eigenvalue weighted by Crippen LogP contribution is 1.97. The fraction of sp³-hybridized carbons (Fsp3) is 0.250. The van der Waals surface area contributed by atoms with Crippen molar-refractivity contribution in [1.82, 2.24) is 0 Å². The summed E-state index contributed by atoms with van der Waals surface area (Å²) in [6, 6.07) is 0. The minimum Gasteiger partial charge on any atom is -0.292 e. The lowest BCUT2D eigenvalue weighted by molar-refractivity contribution is -0.112. The van der Waals surface area contributed by atoms with E-state index in [1.807, 2.05) is 0 Å². The lowest BCUT2D eigenvalue weighted by Gasteiger charge is -1.94. The first-order chi connectivity index (χ1) is 5.11. The zero-order chi connectivity index (χ0) is 8.85. The van der Waals surface area contributed by atoms with E-state index in [1.165, 1.54) is 6.08 Å². The molecule has 11 heavy (non-hydrogen) atoms. The molecule has 0 spiro atoms. The minimum absolute atomic E-state index is 0.0278. The van der Waals surface area contributed by atoms with Crippen LogP contribution in [0.25, 0.3) is 0 Å². The summed E-state index contributed by atoms with van der Waals surface area (Å²) in [5, 5.41) is 0. The molecule has 0 atom stereocenters. The standard InChI is InChI=1S/C8H10FNO/c1-4-7(8(11)5-2)10-6(3)9/h4H,1,3,5H2,2H3/b10-7+. The lowest BCUT2D eigenvalue weighted by atomic mass is 10.2. The van der Waals surface area contributed by atoms with E-state index < -0.39 is 5.95 Å². The molecule has 0 N–H and O–H groups in total. The molecule has 0 aliphatic heterocycles. The summed E-state index contributed by atoms with van der Waals surface area (Å²) in [5.74, 6) is -1.11. The summed E-state index contributed by atoms with van der Waals surface area (Å²) in [5.41, 5.74) is 0.0278. The number of ketones is 1. The van der Waals surface area contributed by atoms with Gasteiger partial charge in [-0.2, -0.15) is 4.39 Å². The predicted molar refractivity (Wildman–Crippen MR) is 43.2 cm³/mol. The normalized spacial score (nSPS) is 10.9. The molecule has 60 valence electrons. The molecule has 0 aromatic heterocycles. The van der Waals surface area contributed by atoms with Gasteiger partial charge in [0.15, 0.2) is 5.78 Å². The third-order valence-corrected chi connectivity index (χ3v) is 1.04. The smallest absolute Gasteiger partial charge is 0.206 e. The third-order valence-electron chi connectivity index (χ3n) is 1.04. The summed E-state index contributed by atoms with van der Waals surface area (Å²) in [6.45, 7) is 7.90. The Labute approximate surface area is 65.1 Å². The summed E-state index contributed by atoms with van der Waals surface area (Å²) in [7, 11) is 0. The summed E-state index contributed by atoms with van der Waals surface area (Å²) in [4.78, 5) is 14.1. The van der Waals surface area contributed by atoms with E-state index in [-0.39, 0.29) is 17.9 Å². The maximum atomic E-state index is 12.1. The van der Waals surface area contributed by atoms with Crippen molar-refractivity contribution in [2.75, 3.05) is 0 Å². The second-order valence-electron chi connectivity index (χ2n) is 1.85. The topological polar surface area (TPSA) is 29.4 Å². The van der Waals surface area contributed by atoms with E-state index >= 15 is 0 Å². The van der Waals surface area contributed by atoms with Crippen LogP contribution in [0.3, 0.4) is 0 Å². The van der Waals surface area contributed by atoms with Gasteiger partial charge in [0.25, 0.3) is 0 Å². The number of halogens is 1. The van der Waals surface area contributed by atoms with Crippen molar-refractivity contribution in [2.45, 2.75) is 13.3 Å². The van der Waals surface area contributed by atoms with Gasteiger partial charge in [-0.05, 0) is 12.7 Å². The number of hydrogen-bond acceptors (Lipinski definition) is 2. The van der Waals surface area contributed by atoms with Gasteiger partial charge < -0.3 is 0 Å². The van der Waals surface area contributed by atoms with Gasteiger partial charge in [-0.3, -0.25) is 4.79 Å². The molecular weight excluding hydrogens is 145 g/mol. The maximum Gasteiger partial charge on any atom is 0.206 e. The highest BCUT2D eigenvalue weighted by Gasteiger charge is 2.04. The van der Waals surface area contributed by atoms with Crippen LogP contribution in [0.2, 0.25) is 0 Å². The highest BCUT2D eigenvalue weighted by molar-refractivity contribution is 6.44. The van der Waals surface area contributed by atoms with Crippen LogP contribution in [0, 0.1) is 0 Å². The number of hydrogen-bond donors (Lipinski definition) is 0. The van der Waals surface area contributed by atoms with Gasteiger partial charge in [0.2, 0.25) is 5.95 Å². The van der Waals surface area contributed by atoms with Crippen LogP contribution in [0.15, 0.2) is 30.2 Å². The van der Waals surface area contributed by atoms with E-state index in [0.29, 0.717) is 0 Å². The van der Waals surface area contributed by atoms with Crippen molar-refractivity contribution in [1.29, 1.82) is 0 Å². The molecule has 0 aliphatic rings. The first kappa shape index (κ1) is 9.75. The molecule has 0 rings (SSSR count). The number of aliphatic imine (C=N–C) groups is 1. The molecule has 0 aliphatic carbocycles. The maximum absolute atomic E-state index is 12.1. The van der Waals surface area contributed by atoms with E-state index in [0.717, 1.165) is 0 Å². The molecule has 0 radical (unpaired) electrons. The van der Waals surface area contributed by atoms with Gasteiger partial charge >= 0.3 is 0 Å². The average molecular weight is 155 g/mol. The van der Waals surface area contributed by atoms with Gasteiger partial charge in [0.05, 0.1) is 0 Å². The Bertz CT molecular complexity index is 218. The van der Waals surface area contributed by atoms with Gasteiger partial charge in [0, 0.05) is 6.42 Å². The molecule has 0 aromatic rings. The van der Waals surface area contributed by atoms with Crippen molar-refractivity contribution in [2.24, 2.45) is 4.99 Å². The van der Waals surface area contributed by atoms with E-state index in [2.05, 4.69) is 18.2 Å². The molecule has 0 saturated carbocycles. The molecule has 0 unspecified atom stereocenters.